The van der Waals surface area contributed by atoms with Crippen LogP contribution < -0.4 is 10.1 Å². The summed E-state index contributed by atoms with van der Waals surface area (Å²) in [5.41, 5.74) is 2.24. The number of nitrogens with one attached hydrogen (secondary N) is 3. The number of carbonyl (C=O) groups excluding carboxylic acids is 1. The lowest BCUT2D eigenvalue weighted by atomic mass is 10.1. The van der Waals surface area contributed by atoms with Gasteiger partial charge in [-0.1, -0.05) is 31.7 Å². The summed E-state index contributed by atoms with van der Waals surface area (Å²) in [6, 6.07) is 4.49. The van der Waals surface area contributed by atoms with Crippen LogP contribution in [-0.2, 0) is 11.3 Å². The molecule has 1 aliphatic rings. The van der Waals surface area contributed by atoms with Gasteiger partial charge in [-0.25, -0.2) is 4.39 Å². The van der Waals surface area contributed by atoms with Gasteiger partial charge in [0.05, 0.1) is 17.1 Å². The van der Waals surface area contributed by atoms with Crippen molar-refractivity contribution in [3.8, 4) is 5.75 Å². The quantitative estimate of drug-likeness (QED) is 0.663. The number of hydrogen-bond donors (Lipinski definition) is 3. The van der Waals surface area contributed by atoms with Gasteiger partial charge in [0.15, 0.2) is 11.6 Å². The summed E-state index contributed by atoms with van der Waals surface area (Å²) in [5, 5.41) is 18.5. The monoisotopic (exact) mass is 377 g/mol. The van der Waals surface area contributed by atoms with E-state index in [2.05, 4.69) is 5.32 Å². The van der Waals surface area contributed by atoms with Crippen molar-refractivity contribution in [3.05, 3.63) is 51.7 Å². The molecule has 0 unspecified atom stereocenters. The number of carbonyl (C=O) groups is 1. The second kappa shape index (κ2) is 9.91. The Balaban J connectivity index is 0.00000163. The fourth-order valence-electron chi connectivity index (χ4n) is 2.07. The number of benzene rings is 1. The Morgan fingerprint density at radius 1 is 1.31 bits per heavy atom. The van der Waals surface area contributed by atoms with E-state index in [1.54, 1.807) is 26.0 Å². The zero-order chi connectivity index (χ0) is 19.9. The lowest BCUT2D eigenvalue weighted by Gasteiger charge is -2.07. The van der Waals surface area contributed by atoms with Crippen LogP contribution in [0.25, 0.3) is 0 Å². The van der Waals surface area contributed by atoms with Crippen molar-refractivity contribution < 1.29 is 13.9 Å². The zero-order valence-electron chi connectivity index (χ0n) is 15.6. The standard InChI is InChI=1S/C17H18FN3O2S.C2H6/c1-9(10(2)19)12-7-15(24-16(12)20)17(22)21-8-11-4-5-14(23-3)13(18)6-11;1-2/h4-7,19-20H,8H2,1-3H3,(H,21,22);1-2H3/b12-9-,19-10?,20-16?;. The molecule has 1 aliphatic heterocycles. The van der Waals surface area contributed by atoms with Crippen LogP contribution >= 0.6 is 11.8 Å². The second-order valence-electron chi connectivity index (χ2n) is 5.26. The molecule has 1 aromatic rings. The van der Waals surface area contributed by atoms with Crippen LogP contribution in [0.4, 0.5) is 4.39 Å². The van der Waals surface area contributed by atoms with E-state index in [4.69, 9.17) is 15.6 Å². The molecule has 0 bridgehead atoms. The number of amides is 1. The Hall–Kier alpha value is -2.41. The van der Waals surface area contributed by atoms with Gasteiger partial charge < -0.3 is 15.5 Å². The third kappa shape index (κ3) is 5.29. The predicted molar refractivity (Wildman–Crippen MR) is 106 cm³/mol. The molecule has 0 atom stereocenters. The van der Waals surface area contributed by atoms with Crippen LogP contribution in [-0.4, -0.2) is 23.8 Å². The molecule has 1 amide bonds. The highest BCUT2D eigenvalue weighted by molar-refractivity contribution is 8.18. The van der Waals surface area contributed by atoms with Crippen LogP contribution in [0.5, 0.6) is 5.75 Å². The van der Waals surface area contributed by atoms with Crippen LogP contribution in [0.15, 0.2) is 40.3 Å². The average molecular weight is 377 g/mol. The van der Waals surface area contributed by atoms with Gasteiger partial charge in [-0.15, -0.1) is 0 Å². The Labute approximate surface area is 157 Å². The molecular weight excluding hydrogens is 353 g/mol. The number of allylic oxidation sites excluding steroid dienone is 2. The summed E-state index contributed by atoms with van der Waals surface area (Å²) in [7, 11) is 1.39. The first-order valence-corrected chi connectivity index (χ1v) is 9.00. The fourth-order valence-corrected chi connectivity index (χ4v) is 2.96. The highest BCUT2D eigenvalue weighted by Crippen LogP contribution is 2.33. The predicted octanol–water partition coefficient (Wildman–Crippen LogP) is 4.44. The molecule has 26 heavy (non-hydrogen) atoms. The van der Waals surface area contributed by atoms with E-state index in [0.29, 0.717) is 27.3 Å². The molecule has 7 heteroatoms. The Bertz CT molecular complexity index is 785. The molecule has 0 aromatic heterocycles. The molecule has 0 radical (unpaired) electrons. The van der Waals surface area contributed by atoms with Crippen molar-refractivity contribution in [2.75, 3.05) is 7.11 Å². The van der Waals surface area contributed by atoms with E-state index in [1.165, 1.54) is 19.2 Å². The molecule has 0 aliphatic carbocycles. The maximum Gasteiger partial charge on any atom is 0.258 e. The Morgan fingerprint density at radius 3 is 2.50 bits per heavy atom. The molecule has 1 heterocycles. The lowest BCUT2D eigenvalue weighted by molar-refractivity contribution is -0.116. The first-order valence-electron chi connectivity index (χ1n) is 8.19. The molecule has 140 valence electrons. The van der Waals surface area contributed by atoms with Crippen molar-refractivity contribution in [3.63, 3.8) is 0 Å². The molecule has 0 spiro atoms. The van der Waals surface area contributed by atoms with Gasteiger partial charge in [-0.2, -0.15) is 0 Å². The molecule has 1 aromatic carbocycles. The summed E-state index contributed by atoms with van der Waals surface area (Å²) in [4.78, 5) is 12.6. The third-order valence-corrected chi connectivity index (χ3v) is 4.54. The van der Waals surface area contributed by atoms with E-state index in [-0.39, 0.29) is 23.2 Å². The summed E-state index contributed by atoms with van der Waals surface area (Å²) in [6.45, 7) is 7.57. The molecule has 0 saturated carbocycles. The molecule has 3 N–H and O–H groups in total. The van der Waals surface area contributed by atoms with Crippen molar-refractivity contribution in [2.24, 2.45) is 0 Å². The third-order valence-electron chi connectivity index (χ3n) is 3.59. The van der Waals surface area contributed by atoms with Gasteiger partial charge in [0.1, 0.15) is 0 Å². The van der Waals surface area contributed by atoms with Crippen molar-refractivity contribution >= 4 is 28.4 Å². The first kappa shape index (κ1) is 21.6. The van der Waals surface area contributed by atoms with E-state index >= 15 is 0 Å². The number of methoxy groups -OCH3 is 1. The van der Waals surface area contributed by atoms with Gasteiger partial charge >= 0.3 is 0 Å². The number of hydrogen-bond acceptors (Lipinski definition) is 5. The largest absolute Gasteiger partial charge is 0.494 e. The molecule has 0 fully saturated rings. The second-order valence-corrected chi connectivity index (χ2v) is 6.31. The minimum atomic E-state index is -0.484. The van der Waals surface area contributed by atoms with E-state index in [9.17, 15) is 9.18 Å². The lowest BCUT2D eigenvalue weighted by Crippen LogP contribution is -2.23. The highest BCUT2D eigenvalue weighted by atomic mass is 32.2. The maximum atomic E-state index is 13.6. The maximum absolute atomic E-state index is 13.6. The number of rotatable bonds is 5. The molecular formula is C19H24FN3O2S. The summed E-state index contributed by atoms with van der Waals surface area (Å²) < 4.78 is 18.5. The fraction of sp³-hybridized carbons (Fsp3) is 0.316. The zero-order valence-corrected chi connectivity index (χ0v) is 16.4. The summed E-state index contributed by atoms with van der Waals surface area (Å²) >= 11 is 1.06. The number of ether oxygens (including phenoxy) is 1. The van der Waals surface area contributed by atoms with E-state index < -0.39 is 5.82 Å². The molecule has 2 rings (SSSR count). The van der Waals surface area contributed by atoms with E-state index in [1.807, 2.05) is 13.8 Å². The van der Waals surface area contributed by atoms with Crippen LogP contribution in [0.1, 0.15) is 33.3 Å². The van der Waals surface area contributed by atoms with Gasteiger partial charge in [0, 0.05) is 17.8 Å². The SMILES string of the molecule is CC.COc1ccc(CNC(=O)C2=C/C(=C(\C)C(C)=N)C(=N)S2)cc1F. The highest BCUT2D eigenvalue weighted by Gasteiger charge is 2.23. The molecule has 0 saturated heterocycles. The van der Waals surface area contributed by atoms with Crippen molar-refractivity contribution in [2.45, 2.75) is 34.2 Å². The minimum absolute atomic E-state index is 0.153. The Morgan fingerprint density at radius 2 is 1.96 bits per heavy atom. The summed E-state index contributed by atoms with van der Waals surface area (Å²) in [5.74, 6) is -0.658. The van der Waals surface area contributed by atoms with Crippen LogP contribution in [0, 0.1) is 16.6 Å². The minimum Gasteiger partial charge on any atom is -0.494 e. The smallest absolute Gasteiger partial charge is 0.258 e. The topological polar surface area (TPSA) is 86.0 Å². The normalized spacial score (nSPS) is 14.8. The van der Waals surface area contributed by atoms with Gasteiger partial charge in [-0.3, -0.25) is 10.2 Å². The van der Waals surface area contributed by atoms with Gasteiger partial charge in [-0.05, 0) is 43.2 Å². The number of thioether (sulfide) groups is 1. The van der Waals surface area contributed by atoms with Gasteiger partial charge in [0.2, 0.25) is 0 Å². The van der Waals surface area contributed by atoms with Crippen LogP contribution in [0.3, 0.4) is 0 Å². The number of halogens is 1. The summed E-state index contributed by atoms with van der Waals surface area (Å²) in [6.07, 6.45) is 1.62. The first-order chi connectivity index (χ1) is 12.3. The van der Waals surface area contributed by atoms with Gasteiger partial charge in [0.25, 0.3) is 5.91 Å². The van der Waals surface area contributed by atoms with Crippen LogP contribution in [0.2, 0.25) is 0 Å². The van der Waals surface area contributed by atoms with E-state index in [0.717, 1.165) is 11.8 Å². The van der Waals surface area contributed by atoms with Crippen molar-refractivity contribution in [1.82, 2.24) is 5.32 Å². The average Bonchev–Trinajstić information content (AvgIpc) is 3.02. The molecule has 5 nitrogen and oxygen atoms in total. The Kier molecular flexibility index (Phi) is 8.25. The van der Waals surface area contributed by atoms with Crippen molar-refractivity contribution in [1.29, 1.82) is 10.8 Å².